The fraction of sp³-hybridized carbons (Fsp3) is 0.571. The highest BCUT2D eigenvalue weighted by Crippen LogP contribution is 2.38. The first-order chi connectivity index (χ1) is 22.3. The Kier molecular flexibility index (Phi) is 9.86. The second-order valence-electron chi connectivity index (χ2n) is 13.0. The molecule has 3 aromatic heterocycles. The number of nitrogens with zero attached hydrogens (tertiary/aromatic N) is 5. The highest BCUT2D eigenvalue weighted by molar-refractivity contribution is 5.94. The lowest BCUT2D eigenvalue weighted by atomic mass is 9.79. The van der Waals surface area contributed by atoms with Gasteiger partial charge in [0.2, 0.25) is 5.91 Å². The van der Waals surface area contributed by atoms with Crippen LogP contribution in [-0.4, -0.2) is 75.9 Å². The topological polar surface area (TPSA) is 131 Å². The van der Waals surface area contributed by atoms with Crippen LogP contribution in [-0.2, 0) is 16.0 Å². The van der Waals surface area contributed by atoms with Crippen LogP contribution < -0.4 is 9.64 Å². The molecule has 2 saturated carbocycles. The van der Waals surface area contributed by atoms with Crippen molar-refractivity contribution in [3.63, 3.8) is 0 Å². The van der Waals surface area contributed by atoms with Crippen molar-refractivity contribution < 1.29 is 28.6 Å². The number of anilines is 1. The van der Waals surface area contributed by atoms with Gasteiger partial charge in [-0.15, -0.1) is 0 Å². The van der Waals surface area contributed by atoms with Crippen molar-refractivity contribution >= 4 is 17.8 Å². The van der Waals surface area contributed by atoms with Gasteiger partial charge in [-0.05, 0) is 88.5 Å². The number of aromatic nitrogens is 3. The van der Waals surface area contributed by atoms with Gasteiger partial charge in [0.05, 0.1) is 32.0 Å². The van der Waals surface area contributed by atoms with Crippen LogP contribution in [0.2, 0.25) is 0 Å². The molecule has 246 valence electrons. The third-order valence-corrected chi connectivity index (χ3v) is 9.83. The number of aryl methyl sites for hydroxylation is 2. The molecule has 3 aromatic rings. The minimum absolute atomic E-state index is 0.0734. The van der Waals surface area contributed by atoms with Crippen LogP contribution >= 0.6 is 0 Å². The summed E-state index contributed by atoms with van der Waals surface area (Å²) < 4.78 is 16.7. The molecule has 3 fully saturated rings. The summed E-state index contributed by atoms with van der Waals surface area (Å²) in [5.74, 6) is 2.74. The van der Waals surface area contributed by atoms with E-state index < -0.39 is 6.10 Å². The number of hydrogen-bond acceptors (Lipinski definition) is 9. The predicted octanol–water partition coefficient (Wildman–Crippen LogP) is 5.69. The molecule has 0 unspecified atom stereocenters. The molecule has 6 rings (SSSR count). The molecule has 0 bridgehead atoms. The first-order valence-electron chi connectivity index (χ1n) is 16.7. The number of oxazole rings is 1. The van der Waals surface area contributed by atoms with Gasteiger partial charge in [-0.2, -0.15) is 0 Å². The highest BCUT2D eigenvalue weighted by Gasteiger charge is 2.36. The molecule has 2 amide bonds. The second kappa shape index (κ2) is 14.2. The summed E-state index contributed by atoms with van der Waals surface area (Å²) in [5, 5.41) is 9.51. The molecule has 4 heterocycles. The zero-order valence-corrected chi connectivity index (χ0v) is 27.1. The number of hydrogen-bond donors (Lipinski definition) is 1. The molecule has 46 heavy (non-hydrogen) atoms. The first kappa shape index (κ1) is 32.0. The van der Waals surface area contributed by atoms with Crippen molar-refractivity contribution in [2.24, 2.45) is 11.8 Å². The van der Waals surface area contributed by atoms with E-state index in [1.165, 1.54) is 4.90 Å². The monoisotopic (exact) mass is 631 g/mol. The SMILES string of the molecule is CCc1nc(-c2ccnc(N(CC3CCC(c4ccc(OC)c(C)n4)CC3)C(=O)C3CCC(OC(=O)N4CC(O)C4)CC3)c2)co1. The average Bonchev–Trinajstić information content (AvgIpc) is 3.56. The summed E-state index contributed by atoms with van der Waals surface area (Å²) in [5.41, 5.74) is 3.61. The van der Waals surface area contributed by atoms with E-state index in [4.69, 9.17) is 18.9 Å². The van der Waals surface area contributed by atoms with Crippen LogP contribution in [0.3, 0.4) is 0 Å². The van der Waals surface area contributed by atoms with E-state index in [1.54, 1.807) is 19.6 Å². The van der Waals surface area contributed by atoms with E-state index in [2.05, 4.69) is 16.0 Å². The number of carbonyl (C=O) groups is 2. The minimum atomic E-state index is -0.463. The fourth-order valence-corrected chi connectivity index (χ4v) is 7.01. The third kappa shape index (κ3) is 7.19. The van der Waals surface area contributed by atoms with Crippen molar-refractivity contribution in [3.8, 4) is 17.0 Å². The summed E-state index contributed by atoms with van der Waals surface area (Å²) in [6.07, 6.45) is 9.64. The van der Waals surface area contributed by atoms with Gasteiger partial charge in [-0.3, -0.25) is 14.7 Å². The molecule has 1 aliphatic heterocycles. The number of methoxy groups -OCH3 is 1. The standard InChI is InChI=1S/C35H45N5O6/c1-4-33-38-30(21-45-33)26-15-16-36-32(17-26)40(18-23-5-7-24(8-6-23)29-13-14-31(44-3)22(2)37-29)34(42)25-9-11-28(12-10-25)46-35(43)39-19-27(41)20-39/h13-17,21,23-25,27-28,41H,4-12,18-20H2,1-3H3. The maximum absolute atomic E-state index is 14.3. The van der Waals surface area contributed by atoms with E-state index in [-0.39, 0.29) is 24.0 Å². The lowest BCUT2D eigenvalue weighted by Crippen LogP contribution is -2.54. The molecular weight excluding hydrogens is 586 g/mol. The normalized spacial score (nSPS) is 23.4. The van der Waals surface area contributed by atoms with Crippen LogP contribution in [0.5, 0.6) is 5.75 Å². The fourth-order valence-electron chi connectivity index (χ4n) is 7.01. The van der Waals surface area contributed by atoms with E-state index in [0.29, 0.717) is 75.3 Å². The molecular formula is C35H45N5O6. The maximum atomic E-state index is 14.3. The summed E-state index contributed by atoms with van der Waals surface area (Å²) in [6, 6.07) is 7.93. The smallest absolute Gasteiger partial charge is 0.410 e. The van der Waals surface area contributed by atoms with Gasteiger partial charge in [0.15, 0.2) is 5.89 Å². The number of aliphatic hydroxyl groups is 1. The Morgan fingerprint density at radius 1 is 1.04 bits per heavy atom. The molecule has 0 radical (unpaired) electrons. The van der Waals surface area contributed by atoms with E-state index in [1.807, 2.05) is 36.9 Å². The molecule has 1 saturated heterocycles. The van der Waals surface area contributed by atoms with E-state index in [9.17, 15) is 14.7 Å². The molecule has 1 N–H and O–H groups in total. The molecule has 11 nitrogen and oxygen atoms in total. The quantitative estimate of drug-likeness (QED) is 0.316. The van der Waals surface area contributed by atoms with Gasteiger partial charge >= 0.3 is 6.09 Å². The largest absolute Gasteiger partial charge is 0.495 e. The van der Waals surface area contributed by atoms with E-state index >= 15 is 0 Å². The average molecular weight is 632 g/mol. The Bertz CT molecular complexity index is 1500. The number of aliphatic hydroxyl groups excluding tert-OH is 1. The number of likely N-dealkylation sites (tertiary alicyclic amines) is 1. The van der Waals surface area contributed by atoms with Gasteiger partial charge in [0.25, 0.3) is 0 Å². The maximum Gasteiger partial charge on any atom is 0.410 e. The van der Waals surface area contributed by atoms with Crippen molar-refractivity contribution in [3.05, 3.63) is 54.0 Å². The summed E-state index contributed by atoms with van der Waals surface area (Å²) in [7, 11) is 1.67. The zero-order valence-electron chi connectivity index (χ0n) is 27.1. The Morgan fingerprint density at radius 3 is 2.46 bits per heavy atom. The molecule has 0 spiro atoms. The first-order valence-corrected chi connectivity index (χ1v) is 16.7. The molecule has 0 atom stereocenters. The lowest BCUT2D eigenvalue weighted by molar-refractivity contribution is -0.124. The Morgan fingerprint density at radius 2 is 1.80 bits per heavy atom. The second-order valence-corrected chi connectivity index (χ2v) is 13.0. The predicted molar refractivity (Wildman–Crippen MR) is 171 cm³/mol. The van der Waals surface area contributed by atoms with Gasteiger partial charge in [-0.1, -0.05) is 6.92 Å². The van der Waals surface area contributed by atoms with Crippen LogP contribution in [0.4, 0.5) is 10.6 Å². The van der Waals surface area contributed by atoms with Crippen molar-refractivity contribution in [1.82, 2.24) is 19.9 Å². The zero-order chi connectivity index (χ0) is 32.2. The van der Waals surface area contributed by atoms with Crippen molar-refractivity contribution in [2.45, 2.75) is 89.8 Å². The number of β-amino-alcohol motifs (C(OH)–C–C–N with tert-alkyl or cyclic N) is 1. The molecule has 3 aliphatic rings. The van der Waals surface area contributed by atoms with Crippen LogP contribution in [0, 0.1) is 18.8 Å². The van der Waals surface area contributed by atoms with Crippen LogP contribution in [0.15, 0.2) is 41.1 Å². The van der Waals surface area contributed by atoms with Crippen molar-refractivity contribution in [2.75, 3.05) is 31.6 Å². The van der Waals surface area contributed by atoms with Crippen LogP contribution in [0.1, 0.15) is 81.5 Å². The number of ether oxygens (including phenoxy) is 2. The summed E-state index contributed by atoms with van der Waals surface area (Å²) in [6.45, 7) is 5.22. The Balaban J connectivity index is 1.14. The van der Waals surface area contributed by atoms with Gasteiger partial charge < -0.3 is 23.9 Å². The van der Waals surface area contributed by atoms with Crippen LogP contribution in [0.25, 0.3) is 11.3 Å². The molecule has 0 aromatic carbocycles. The summed E-state index contributed by atoms with van der Waals surface area (Å²) >= 11 is 0. The van der Waals surface area contributed by atoms with Gasteiger partial charge in [0.1, 0.15) is 29.6 Å². The molecule has 2 aliphatic carbocycles. The Hall–Kier alpha value is -3.99. The minimum Gasteiger partial charge on any atom is -0.495 e. The van der Waals surface area contributed by atoms with Gasteiger partial charge in [0, 0.05) is 42.3 Å². The molecule has 11 heteroatoms. The highest BCUT2D eigenvalue weighted by atomic mass is 16.6. The lowest BCUT2D eigenvalue weighted by Gasteiger charge is -2.37. The summed E-state index contributed by atoms with van der Waals surface area (Å²) in [4.78, 5) is 44.2. The van der Waals surface area contributed by atoms with Gasteiger partial charge in [-0.25, -0.2) is 14.8 Å². The van der Waals surface area contributed by atoms with E-state index in [0.717, 1.165) is 54.1 Å². The Labute approximate surface area is 270 Å². The number of pyridine rings is 2. The van der Waals surface area contributed by atoms with Crippen molar-refractivity contribution in [1.29, 1.82) is 0 Å². The number of amides is 2. The number of carbonyl (C=O) groups excluding carboxylic acids is 2. The third-order valence-electron chi connectivity index (χ3n) is 9.83. The number of rotatable bonds is 9.